The van der Waals surface area contributed by atoms with Gasteiger partial charge in [0.25, 0.3) is 0 Å². The van der Waals surface area contributed by atoms with Crippen LogP contribution in [0.25, 0.3) is 0 Å². The van der Waals surface area contributed by atoms with Crippen LogP contribution in [0.1, 0.15) is 26.7 Å². The SMILES string of the molecule is CC(C)NCCNC1CC1. The topological polar surface area (TPSA) is 24.1 Å². The molecule has 0 radical (unpaired) electrons. The first-order valence-electron chi connectivity index (χ1n) is 4.26. The highest BCUT2D eigenvalue weighted by atomic mass is 15.0. The summed E-state index contributed by atoms with van der Waals surface area (Å²) >= 11 is 0. The smallest absolute Gasteiger partial charge is 0.00794 e. The molecule has 1 saturated carbocycles. The molecule has 1 fully saturated rings. The van der Waals surface area contributed by atoms with Gasteiger partial charge >= 0.3 is 0 Å². The first kappa shape index (κ1) is 8.02. The lowest BCUT2D eigenvalue weighted by atomic mass is 10.4. The van der Waals surface area contributed by atoms with Gasteiger partial charge in [0.1, 0.15) is 0 Å². The molecule has 2 heteroatoms. The first-order chi connectivity index (χ1) is 4.79. The maximum Gasteiger partial charge on any atom is 0.00794 e. The molecule has 0 heterocycles. The summed E-state index contributed by atoms with van der Waals surface area (Å²) in [6.45, 7) is 6.59. The van der Waals surface area contributed by atoms with Crippen molar-refractivity contribution < 1.29 is 0 Å². The molecule has 0 saturated heterocycles. The van der Waals surface area contributed by atoms with E-state index in [-0.39, 0.29) is 0 Å². The van der Waals surface area contributed by atoms with Gasteiger partial charge in [-0.15, -0.1) is 0 Å². The van der Waals surface area contributed by atoms with Gasteiger partial charge in [-0.05, 0) is 12.8 Å². The van der Waals surface area contributed by atoms with Crippen LogP contribution in [0.2, 0.25) is 0 Å². The van der Waals surface area contributed by atoms with Crippen molar-refractivity contribution in [2.75, 3.05) is 13.1 Å². The van der Waals surface area contributed by atoms with E-state index in [4.69, 9.17) is 0 Å². The fraction of sp³-hybridized carbons (Fsp3) is 1.00. The van der Waals surface area contributed by atoms with Gasteiger partial charge in [-0.3, -0.25) is 0 Å². The second-order valence-electron chi connectivity index (χ2n) is 3.34. The van der Waals surface area contributed by atoms with Crippen LogP contribution in [0, 0.1) is 0 Å². The summed E-state index contributed by atoms with van der Waals surface area (Å²) in [4.78, 5) is 0. The van der Waals surface area contributed by atoms with E-state index in [0.29, 0.717) is 6.04 Å². The zero-order chi connectivity index (χ0) is 7.40. The Bertz CT molecular complexity index is 83.3. The Morgan fingerprint density at radius 2 is 2.00 bits per heavy atom. The Morgan fingerprint density at radius 1 is 1.30 bits per heavy atom. The fourth-order valence-electron chi connectivity index (χ4n) is 0.925. The van der Waals surface area contributed by atoms with Crippen molar-refractivity contribution in [3.63, 3.8) is 0 Å². The van der Waals surface area contributed by atoms with Crippen molar-refractivity contribution in [2.45, 2.75) is 38.8 Å². The molecule has 60 valence electrons. The van der Waals surface area contributed by atoms with Crippen LogP contribution in [0.4, 0.5) is 0 Å². The monoisotopic (exact) mass is 142 g/mol. The highest BCUT2D eigenvalue weighted by Crippen LogP contribution is 2.17. The third-order valence-corrected chi connectivity index (χ3v) is 1.69. The number of hydrogen-bond acceptors (Lipinski definition) is 2. The normalized spacial score (nSPS) is 18.3. The molecule has 0 amide bonds. The van der Waals surface area contributed by atoms with E-state index in [1.54, 1.807) is 0 Å². The van der Waals surface area contributed by atoms with E-state index in [2.05, 4.69) is 24.5 Å². The van der Waals surface area contributed by atoms with Crippen LogP contribution in [0.15, 0.2) is 0 Å². The van der Waals surface area contributed by atoms with Crippen LogP contribution in [-0.2, 0) is 0 Å². The second-order valence-corrected chi connectivity index (χ2v) is 3.34. The van der Waals surface area contributed by atoms with E-state index < -0.39 is 0 Å². The Kier molecular flexibility index (Phi) is 3.16. The maximum atomic E-state index is 3.45. The summed E-state index contributed by atoms with van der Waals surface area (Å²) < 4.78 is 0. The molecule has 0 atom stereocenters. The van der Waals surface area contributed by atoms with Crippen molar-refractivity contribution in [1.29, 1.82) is 0 Å². The van der Waals surface area contributed by atoms with Crippen molar-refractivity contribution in [2.24, 2.45) is 0 Å². The van der Waals surface area contributed by atoms with Crippen LogP contribution in [-0.4, -0.2) is 25.2 Å². The number of rotatable bonds is 5. The molecular formula is C8H18N2. The van der Waals surface area contributed by atoms with Crippen molar-refractivity contribution >= 4 is 0 Å². The van der Waals surface area contributed by atoms with Crippen molar-refractivity contribution in [3.8, 4) is 0 Å². The average Bonchev–Trinajstić information content (AvgIpc) is 2.62. The first-order valence-corrected chi connectivity index (χ1v) is 4.26. The molecular weight excluding hydrogens is 124 g/mol. The molecule has 0 spiro atoms. The lowest BCUT2D eigenvalue weighted by Gasteiger charge is -2.07. The lowest BCUT2D eigenvalue weighted by Crippen LogP contribution is -2.32. The molecule has 0 aromatic rings. The van der Waals surface area contributed by atoms with Gasteiger partial charge < -0.3 is 10.6 Å². The summed E-state index contributed by atoms with van der Waals surface area (Å²) in [7, 11) is 0. The fourth-order valence-corrected chi connectivity index (χ4v) is 0.925. The number of hydrogen-bond donors (Lipinski definition) is 2. The summed E-state index contributed by atoms with van der Waals surface area (Å²) in [5.41, 5.74) is 0. The largest absolute Gasteiger partial charge is 0.313 e. The zero-order valence-electron chi connectivity index (χ0n) is 6.98. The molecule has 0 aliphatic heterocycles. The van der Waals surface area contributed by atoms with E-state index in [9.17, 15) is 0 Å². The van der Waals surface area contributed by atoms with Gasteiger partial charge in [0.05, 0.1) is 0 Å². The molecule has 10 heavy (non-hydrogen) atoms. The van der Waals surface area contributed by atoms with Gasteiger partial charge in [-0.2, -0.15) is 0 Å². The van der Waals surface area contributed by atoms with Gasteiger partial charge in [0.2, 0.25) is 0 Å². The highest BCUT2D eigenvalue weighted by Gasteiger charge is 2.19. The third kappa shape index (κ3) is 3.85. The Hall–Kier alpha value is -0.0800. The molecule has 1 aliphatic rings. The third-order valence-electron chi connectivity index (χ3n) is 1.69. The molecule has 0 unspecified atom stereocenters. The molecule has 0 bridgehead atoms. The maximum absolute atomic E-state index is 3.45. The minimum Gasteiger partial charge on any atom is -0.313 e. The lowest BCUT2D eigenvalue weighted by molar-refractivity contribution is 0.554. The van der Waals surface area contributed by atoms with Crippen LogP contribution < -0.4 is 10.6 Å². The summed E-state index contributed by atoms with van der Waals surface area (Å²) in [5.74, 6) is 0. The summed E-state index contributed by atoms with van der Waals surface area (Å²) in [6.07, 6.45) is 2.78. The molecule has 2 N–H and O–H groups in total. The van der Waals surface area contributed by atoms with Gasteiger partial charge in [0.15, 0.2) is 0 Å². The van der Waals surface area contributed by atoms with Crippen LogP contribution >= 0.6 is 0 Å². The van der Waals surface area contributed by atoms with Crippen LogP contribution in [0.5, 0.6) is 0 Å². The summed E-state index contributed by atoms with van der Waals surface area (Å²) in [5, 5.41) is 6.82. The Labute approximate surface area is 63.4 Å². The minimum atomic E-state index is 0.626. The zero-order valence-corrected chi connectivity index (χ0v) is 6.98. The predicted octanol–water partition coefficient (Wildman–Crippen LogP) is 0.736. The molecule has 1 aliphatic carbocycles. The van der Waals surface area contributed by atoms with E-state index >= 15 is 0 Å². The number of nitrogens with one attached hydrogen (secondary N) is 2. The van der Waals surface area contributed by atoms with E-state index in [0.717, 1.165) is 19.1 Å². The van der Waals surface area contributed by atoms with Gasteiger partial charge in [0, 0.05) is 25.2 Å². The minimum absolute atomic E-state index is 0.626. The van der Waals surface area contributed by atoms with E-state index in [1.165, 1.54) is 12.8 Å². The quantitative estimate of drug-likeness (QED) is 0.553. The van der Waals surface area contributed by atoms with E-state index in [1.807, 2.05) is 0 Å². The molecule has 1 rings (SSSR count). The van der Waals surface area contributed by atoms with Gasteiger partial charge in [-0.1, -0.05) is 13.8 Å². The Morgan fingerprint density at radius 3 is 2.50 bits per heavy atom. The highest BCUT2D eigenvalue weighted by molar-refractivity contribution is 4.80. The molecule has 2 nitrogen and oxygen atoms in total. The van der Waals surface area contributed by atoms with Crippen molar-refractivity contribution in [3.05, 3.63) is 0 Å². The average molecular weight is 142 g/mol. The second kappa shape index (κ2) is 3.94. The Balaban J connectivity index is 1.76. The van der Waals surface area contributed by atoms with Gasteiger partial charge in [-0.25, -0.2) is 0 Å². The van der Waals surface area contributed by atoms with Crippen LogP contribution in [0.3, 0.4) is 0 Å². The standard InChI is InChI=1S/C8H18N2/c1-7(2)9-5-6-10-8-3-4-8/h7-10H,3-6H2,1-2H3. The molecule has 0 aromatic carbocycles. The predicted molar refractivity (Wildman–Crippen MR) is 44.2 cm³/mol. The van der Waals surface area contributed by atoms with Crippen molar-refractivity contribution in [1.82, 2.24) is 10.6 Å². The molecule has 0 aromatic heterocycles. The summed E-state index contributed by atoms with van der Waals surface area (Å²) in [6, 6.07) is 1.48.